The average molecular weight is 412 g/mol. The summed E-state index contributed by atoms with van der Waals surface area (Å²) in [4.78, 5) is 35.1. The lowest BCUT2D eigenvalue weighted by Crippen LogP contribution is -2.51. The number of hydrogen-bond acceptors (Lipinski definition) is 5. The molecular weight excluding hydrogens is 388 g/mol. The largest absolute Gasteiger partial charge is 0.479 e. The van der Waals surface area contributed by atoms with Crippen molar-refractivity contribution in [3.05, 3.63) is 59.7 Å². The van der Waals surface area contributed by atoms with Crippen LogP contribution >= 0.6 is 0 Å². The first-order chi connectivity index (χ1) is 14.2. The highest BCUT2D eigenvalue weighted by atomic mass is 16.5. The smallest absolute Gasteiger partial charge is 0.407 e. The molecule has 0 bridgehead atoms. The van der Waals surface area contributed by atoms with E-state index in [1.807, 2.05) is 48.5 Å². The van der Waals surface area contributed by atoms with Gasteiger partial charge in [0.05, 0.1) is 6.54 Å². The zero-order chi connectivity index (χ0) is 21.9. The predicted octanol–water partition coefficient (Wildman–Crippen LogP) is 1.87. The molecule has 2 aromatic rings. The van der Waals surface area contributed by atoms with Crippen LogP contribution < -0.4 is 10.6 Å². The van der Waals surface area contributed by atoms with Crippen LogP contribution in [0, 0.1) is 0 Å². The molecule has 3 rings (SSSR count). The monoisotopic (exact) mass is 412 g/mol. The van der Waals surface area contributed by atoms with Crippen LogP contribution in [0.3, 0.4) is 0 Å². The Morgan fingerprint density at radius 2 is 1.60 bits per heavy atom. The van der Waals surface area contributed by atoms with Crippen molar-refractivity contribution < 1.29 is 29.3 Å². The van der Waals surface area contributed by atoms with Gasteiger partial charge in [-0.2, -0.15) is 0 Å². The number of aliphatic carboxylic acids is 1. The molecule has 1 aliphatic carbocycles. The zero-order valence-electron chi connectivity index (χ0n) is 16.7. The van der Waals surface area contributed by atoms with Crippen molar-refractivity contribution in [2.45, 2.75) is 31.4 Å². The van der Waals surface area contributed by atoms with Crippen molar-refractivity contribution in [3.63, 3.8) is 0 Å². The normalized spacial score (nSPS) is 15.3. The number of carboxylic acids is 1. The molecular formula is C22H24N2O6. The van der Waals surface area contributed by atoms with E-state index in [4.69, 9.17) is 9.84 Å². The van der Waals surface area contributed by atoms with Gasteiger partial charge in [0.25, 0.3) is 0 Å². The number of carbonyl (C=O) groups excluding carboxylic acids is 2. The molecule has 0 spiro atoms. The minimum atomic E-state index is -2.10. The molecule has 2 unspecified atom stereocenters. The molecule has 158 valence electrons. The van der Waals surface area contributed by atoms with Gasteiger partial charge in [-0.1, -0.05) is 48.5 Å². The van der Waals surface area contributed by atoms with Gasteiger partial charge < -0.3 is 25.6 Å². The lowest BCUT2D eigenvalue weighted by Gasteiger charge is -2.20. The van der Waals surface area contributed by atoms with E-state index in [0.717, 1.165) is 29.2 Å². The van der Waals surface area contributed by atoms with E-state index < -0.39 is 36.2 Å². The first kappa shape index (κ1) is 21.3. The fraction of sp³-hybridized carbons (Fsp3) is 0.318. The topological polar surface area (TPSA) is 125 Å². The molecule has 2 amide bonds. The van der Waals surface area contributed by atoms with Gasteiger partial charge in [0.2, 0.25) is 5.91 Å². The highest BCUT2D eigenvalue weighted by molar-refractivity contribution is 5.86. The van der Waals surface area contributed by atoms with Crippen LogP contribution in [0.15, 0.2) is 48.5 Å². The summed E-state index contributed by atoms with van der Waals surface area (Å²) in [7, 11) is 0. The van der Waals surface area contributed by atoms with E-state index in [1.54, 1.807) is 0 Å². The molecule has 0 radical (unpaired) electrons. The van der Waals surface area contributed by atoms with Crippen LogP contribution in [0.25, 0.3) is 11.1 Å². The number of hydrogen-bond donors (Lipinski definition) is 4. The Morgan fingerprint density at radius 1 is 1.07 bits per heavy atom. The van der Waals surface area contributed by atoms with Crippen LogP contribution in [0.5, 0.6) is 0 Å². The Balaban J connectivity index is 1.56. The summed E-state index contributed by atoms with van der Waals surface area (Å²) in [5, 5.41) is 23.2. The highest BCUT2D eigenvalue weighted by Gasteiger charge is 2.32. The number of carboxylic acid groups (broad SMARTS) is 1. The van der Waals surface area contributed by atoms with Crippen LogP contribution in [0.4, 0.5) is 4.79 Å². The number of ether oxygens (including phenoxy) is 1. The van der Waals surface area contributed by atoms with Gasteiger partial charge in [-0.05, 0) is 36.1 Å². The molecule has 0 saturated heterocycles. The standard InChI is InChI=1S/C22H24N2O6/c1-13(19(25)23-12-22(2,29)20(26)27)24-21(28)30-11-18-16-9-5-3-7-14(16)15-8-4-6-10-17(15)18/h3-10,13,18,29H,11-12H2,1-2H3,(H,23,25)(H,24,28)(H,26,27). The number of fused-ring (bicyclic) bond motifs is 3. The van der Waals surface area contributed by atoms with Gasteiger partial charge in [-0.15, -0.1) is 0 Å². The number of nitrogens with one attached hydrogen (secondary N) is 2. The highest BCUT2D eigenvalue weighted by Crippen LogP contribution is 2.44. The lowest BCUT2D eigenvalue weighted by molar-refractivity contribution is -0.156. The molecule has 0 fully saturated rings. The third kappa shape index (κ3) is 4.44. The minimum Gasteiger partial charge on any atom is -0.479 e. The molecule has 1 aliphatic rings. The van der Waals surface area contributed by atoms with Crippen molar-refractivity contribution in [2.24, 2.45) is 0 Å². The third-order valence-corrected chi connectivity index (χ3v) is 5.14. The summed E-state index contributed by atoms with van der Waals surface area (Å²) in [5.74, 6) is -2.19. The lowest BCUT2D eigenvalue weighted by atomic mass is 9.98. The molecule has 4 N–H and O–H groups in total. The number of alkyl carbamates (subject to hydrolysis) is 1. The summed E-state index contributed by atoms with van der Waals surface area (Å²) < 4.78 is 5.37. The predicted molar refractivity (Wildman–Crippen MR) is 109 cm³/mol. The van der Waals surface area contributed by atoms with E-state index >= 15 is 0 Å². The fourth-order valence-corrected chi connectivity index (χ4v) is 3.37. The minimum absolute atomic E-state index is 0.0991. The number of carbonyl (C=O) groups is 3. The molecule has 30 heavy (non-hydrogen) atoms. The maximum atomic E-state index is 12.2. The van der Waals surface area contributed by atoms with Gasteiger partial charge in [0, 0.05) is 5.92 Å². The zero-order valence-corrected chi connectivity index (χ0v) is 16.7. The quantitative estimate of drug-likeness (QED) is 0.550. The molecule has 0 heterocycles. The Hall–Kier alpha value is -3.39. The van der Waals surface area contributed by atoms with Gasteiger partial charge in [0.1, 0.15) is 12.6 Å². The van der Waals surface area contributed by atoms with E-state index in [1.165, 1.54) is 6.92 Å². The van der Waals surface area contributed by atoms with Gasteiger partial charge in [-0.3, -0.25) is 4.79 Å². The molecule has 0 saturated carbocycles. The van der Waals surface area contributed by atoms with Crippen LogP contribution in [-0.2, 0) is 14.3 Å². The number of aliphatic hydroxyl groups is 1. The first-order valence-corrected chi connectivity index (χ1v) is 9.55. The second-order valence-electron chi connectivity index (χ2n) is 7.49. The average Bonchev–Trinajstić information content (AvgIpc) is 3.04. The van der Waals surface area contributed by atoms with Crippen molar-refractivity contribution in [1.29, 1.82) is 0 Å². The summed E-state index contributed by atoms with van der Waals surface area (Å²) in [6.45, 7) is 2.13. The maximum absolute atomic E-state index is 12.2. The van der Waals surface area contributed by atoms with Crippen LogP contribution in [0.2, 0.25) is 0 Å². The Morgan fingerprint density at radius 3 is 2.13 bits per heavy atom. The van der Waals surface area contributed by atoms with Crippen molar-refractivity contribution >= 4 is 18.0 Å². The van der Waals surface area contributed by atoms with Crippen molar-refractivity contribution in [3.8, 4) is 11.1 Å². The van der Waals surface area contributed by atoms with E-state index in [-0.39, 0.29) is 12.5 Å². The van der Waals surface area contributed by atoms with Crippen LogP contribution in [-0.4, -0.2) is 53.0 Å². The Labute approximate surface area is 173 Å². The summed E-state index contributed by atoms with van der Waals surface area (Å²) in [5.41, 5.74) is 2.28. The SMILES string of the molecule is CC(NC(=O)OCC1c2ccccc2-c2ccccc21)C(=O)NCC(C)(O)C(=O)O. The summed E-state index contributed by atoms with van der Waals surface area (Å²) >= 11 is 0. The molecule has 0 aromatic heterocycles. The molecule has 2 aromatic carbocycles. The van der Waals surface area contributed by atoms with Gasteiger partial charge in [0.15, 0.2) is 5.60 Å². The van der Waals surface area contributed by atoms with E-state index in [2.05, 4.69) is 10.6 Å². The molecule has 8 nitrogen and oxygen atoms in total. The number of amides is 2. The van der Waals surface area contributed by atoms with E-state index in [9.17, 15) is 19.5 Å². The molecule has 8 heteroatoms. The number of benzene rings is 2. The first-order valence-electron chi connectivity index (χ1n) is 9.55. The maximum Gasteiger partial charge on any atom is 0.407 e. The van der Waals surface area contributed by atoms with Gasteiger partial charge in [-0.25, -0.2) is 9.59 Å². The second-order valence-corrected chi connectivity index (χ2v) is 7.49. The van der Waals surface area contributed by atoms with Crippen molar-refractivity contribution in [2.75, 3.05) is 13.2 Å². The Kier molecular flexibility index (Phi) is 6.07. The van der Waals surface area contributed by atoms with Gasteiger partial charge >= 0.3 is 12.1 Å². The summed E-state index contributed by atoms with van der Waals surface area (Å²) in [6.07, 6.45) is -0.760. The summed E-state index contributed by atoms with van der Waals surface area (Å²) in [6, 6.07) is 14.9. The number of rotatable bonds is 7. The Bertz CT molecular complexity index is 926. The fourth-order valence-electron chi connectivity index (χ4n) is 3.37. The molecule has 0 aliphatic heterocycles. The molecule has 2 atom stereocenters. The van der Waals surface area contributed by atoms with E-state index in [0.29, 0.717) is 0 Å². The van der Waals surface area contributed by atoms with Crippen molar-refractivity contribution in [1.82, 2.24) is 10.6 Å². The third-order valence-electron chi connectivity index (χ3n) is 5.14. The second kappa shape index (κ2) is 8.54. The van der Waals surface area contributed by atoms with Crippen LogP contribution in [0.1, 0.15) is 30.9 Å².